The quantitative estimate of drug-likeness (QED) is 0.197. The molecule has 0 saturated heterocycles. The van der Waals surface area contributed by atoms with Crippen LogP contribution in [0.3, 0.4) is 0 Å². The first-order valence-electron chi connectivity index (χ1n) is 15.7. The first-order valence-corrected chi connectivity index (χ1v) is 15.7. The molecule has 2 nitrogen and oxygen atoms in total. The highest BCUT2D eigenvalue weighted by molar-refractivity contribution is 5.90. The molecule has 0 unspecified atom stereocenters. The number of aryl methyl sites for hydroxylation is 2. The van der Waals surface area contributed by atoms with E-state index in [4.69, 9.17) is 0 Å². The van der Waals surface area contributed by atoms with Gasteiger partial charge in [0.15, 0.2) is 0 Å². The van der Waals surface area contributed by atoms with Crippen molar-refractivity contribution < 1.29 is 5.11 Å². The predicted molar refractivity (Wildman–Crippen MR) is 158 cm³/mol. The van der Waals surface area contributed by atoms with Crippen LogP contribution < -0.4 is 0 Å². The fourth-order valence-electron chi connectivity index (χ4n) is 6.16. The molecule has 2 heteroatoms. The van der Waals surface area contributed by atoms with Gasteiger partial charge in [-0.2, -0.15) is 0 Å². The zero-order valence-electron chi connectivity index (χ0n) is 23.7. The molecule has 0 radical (unpaired) electrons. The Kier molecular flexibility index (Phi) is 13.9. The van der Waals surface area contributed by atoms with Crippen LogP contribution in [0, 0.1) is 0 Å². The van der Waals surface area contributed by atoms with E-state index in [1.165, 1.54) is 137 Å². The highest BCUT2D eigenvalue weighted by Crippen LogP contribution is 2.34. The molecule has 1 N–H and O–H groups in total. The lowest BCUT2D eigenvalue weighted by Crippen LogP contribution is -2.31. The summed E-state index contributed by atoms with van der Waals surface area (Å²) < 4.78 is 0. The molecule has 0 spiro atoms. The third-order valence-corrected chi connectivity index (χ3v) is 8.35. The predicted octanol–water partition coefficient (Wildman–Crippen LogP) is 9.56. The minimum Gasteiger partial charge on any atom is -0.387 e. The monoisotopic (exact) mass is 493 g/mol. The number of aliphatic hydroxyl groups is 1. The maximum absolute atomic E-state index is 11.5. The molecular weight excluding hydrogens is 438 g/mol. The molecule has 0 bridgehead atoms. The van der Waals surface area contributed by atoms with E-state index in [1.54, 1.807) is 0 Å². The lowest BCUT2D eigenvalue weighted by molar-refractivity contribution is 0.111. The highest BCUT2D eigenvalue weighted by atomic mass is 16.3. The Hall–Kier alpha value is -1.38. The van der Waals surface area contributed by atoms with E-state index in [-0.39, 0.29) is 0 Å². The number of aliphatic hydroxyl groups excluding tert-OH is 1. The Morgan fingerprint density at radius 3 is 1.83 bits per heavy atom. The van der Waals surface area contributed by atoms with Crippen LogP contribution in [0.5, 0.6) is 0 Å². The SMILES string of the molecule is CCCCCCCCCN(CCCCCCCCC)C[C@H](O)c1cc2c(c3ccccc13)CCCC2. The van der Waals surface area contributed by atoms with Gasteiger partial charge in [-0.1, -0.05) is 121 Å². The zero-order valence-corrected chi connectivity index (χ0v) is 23.7. The van der Waals surface area contributed by atoms with Gasteiger partial charge in [0, 0.05) is 6.54 Å². The molecule has 1 aliphatic carbocycles. The zero-order chi connectivity index (χ0) is 25.4. The molecule has 202 valence electrons. The van der Waals surface area contributed by atoms with Crippen LogP contribution in [-0.4, -0.2) is 29.6 Å². The molecule has 36 heavy (non-hydrogen) atoms. The molecule has 2 aromatic rings. The molecule has 0 aliphatic heterocycles. The average molecular weight is 494 g/mol. The first kappa shape index (κ1) is 29.2. The Morgan fingerprint density at radius 2 is 1.22 bits per heavy atom. The summed E-state index contributed by atoms with van der Waals surface area (Å²) in [5.41, 5.74) is 4.19. The van der Waals surface area contributed by atoms with Crippen molar-refractivity contribution >= 4 is 10.8 Å². The lowest BCUT2D eigenvalue weighted by atomic mass is 9.84. The summed E-state index contributed by atoms with van der Waals surface area (Å²) in [6, 6.07) is 11.2. The van der Waals surface area contributed by atoms with Crippen molar-refractivity contribution in [2.24, 2.45) is 0 Å². The van der Waals surface area contributed by atoms with Crippen LogP contribution in [0.15, 0.2) is 30.3 Å². The fourth-order valence-corrected chi connectivity index (χ4v) is 6.16. The van der Waals surface area contributed by atoms with Crippen molar-refractivity contribution in [2.75, 3.05) is 19.6 Å². The molecule has 1 aliphatic rings. The van der Waals surface area contributed by atoms with Gasteiger partial charge in [-0.3, -0.25) is 0 Å². The number of rotatable bonds is 19. The van der Waals surface area contributed by atoms with E-state index >= 15 is 0 Å². The summed E-state index contributed by atoms with van der Waals surface area (Å²) in [7, 11) is 0. The summed E-state index contributed by atoms with van der Waals surface area (Å²) in [6.45, 7) is 7.61. The van der Waals surface area contributed by atoms with Gasteiger partial charge in [0.05, 0.1) is 6.10 Å². The molecule has 0 heterocycles. The Morgan fingerprint density at radius 1 is 0.694 bits per heavy atom. The topological polar surface area (TPSA) is 23.5 Å². The number of hydrogen-bond acceptors (Lipinski definition) is 2. The maximum atomic E-state index is 11.5. The van der Waals surface area contributed by atoms with Gasteiger partial charge in [0.25, 0.3) is 0 Å². The largest absolute Gasteiger partial charge is 0.387 e. The van der Waals surface area contributed by atoms with Crippen LogP contribution in [0.1, 0.15) is 139 Å². The molecule has 0 aromatic heterocycles. The minimum absolute atomic E-state index is 0.406. The summed E-state index contributed by atoms with van der Waals surface area (Å²) in [6.07, 6.45) is 23.4. The second-order valence-corrected chi connectivity index (χ2v) is 11.4. The van der Waals surface area contributed by atoms with Gasteiger partial charge in [-0.25, -0.2) is 0 Å². The van der Waals surface area contributed by atoms with Crippen LogP contribution in [-0.2, 0) is 12.8 Å². The van der Waals surface area contributed by atoms with E-state index in [0.717, 1.165) is 25.2 Å². The Bertz CT molecular complexity index is 842. The fraction of sp³-hybridized carbons (Fsp3) is 0.706. The van der Waals surface area contributed by atoms with Crippen LogP contribution >= 0.6 is 0 Å². The summed E-state index contributed by atoms with van der Waals surface area (Å²) in [4.78, 5) is 2.58. The highest BCUT2D eigenvalue weighted by Gasteiger charge is 2.20. The smallest absolute Gasteiger partial charge is 0.0923 e. The van der Waals surface area contributed by atoms with Crippen molar-refractivity contribution in [3.8, 4) is 0 Å². The van der Waals surface area contributed by atoms with Gasteiger partial charge >= 0.3 is 0 Å². The number of hydrogen-bond donors (Lipinski definition) is 1. The van der Waals surface area contributed by atoms with Crippen molar-refractivity contribution in [3.63, 3.8) is 0 Å². The number of unbranched alkanes of at least 4 members (excludes halogenated alkanes) is 12. The van der Waals surface area contributed by atoms with E-state index < -0.39 is 6.10 Å². The third kappa shape index (κ3) is 9.49. The Labute approximate surface area is 222 Å². The molecular formula is C34H55NO. The Balaban J connectivity index is 1.60. The van der Waals surface area contributed by atoms with E-state index in [0.29, 0.717) is 0 Å². The van der Waals surface area contributed by atoms with Gasteiger partial charge in [0.1, 0.15) is 0 Å². The van der Waals surface area contributed by atoms with E-state index in [1.807, 2.05) is 0 Å². The second-order valence-electron chi connectivity index (χ2n) is 11.4. The summed E-state index contributed by atoms with van der Waals surface area (Å²) in [5, 5.41) is 14.2. The summed E-state index contributed by atoms with van der Waals surface area (Å²) >= 11 is 0. The molecule has 0 amide bonds. The van der Waals surface area contributed by atoms with Crippen molar-refractivity contribution in [2.45, 2.75) is 136 Å². The number of nitrogens with zero attached hydrogens (tertiary/aromatic N) is 1. The van der Waals surface area contributed by atoms with Crippen LogP contribution in [0.25, 0.3) is 10.8 Å². The minimum atomic E-state index is -0.406. The molecule has 3 rings (SSSR count). The molecule has 0 fully saturated rings. The molecule has 0 saturated carbocycles. The molecule has 2 aromatic carbocycles. The van der Waals surface area contributed by atoms with Crippen molar-refractivity contribution in [1.82, 2.24) is 4.90 Å². The van der Waals surface area contributed by atoms with Gasteiger partial charge < -0.3 is 10.0 Å². The van der Waals surface area contributed by atoms with E-state index in [9.17, 15) is 5.11 Å². The van der Waals surface area contributed by atoms with Crippen molar-refractivity contribution in [3.05, 3.63) is 47.0 Å². The van der Waals surface area contributed by atoms with Crippen molar-refractivity contribution in [1.29, 1.82) is 0 Å². The number of fused-ring (bicyclic) bond motifs is 3. The first-order chi connectivity index (χ1) is 17.7. The standard InChI is InChI=1S/C34H55NO/c1-3-5-7-9-11-13-19-25-35(26-20-14-12-10-8-6-4-2)28-34(36)33-27-29-21-15-16-22-30(29)31-23-17-18-24-32(31)33/h17-18,23-24,27,34,36H,3-16,19-22,25-26,28H2,1-2H3/t34-/m0/s1. The van der Waals surface area contributed by atoms with Gasteiger partial charge in [-0.15, -0.1) is 0 Å². The maximum Gasteiger partial charge on any atom is 0.0923 e. The lowest BCUT2D eigenvalue weighted by Gasteiger charge is -2.27. The van der Waals surface area contributed by atoms with Crippen LogP contribution in [0.4, 0.5) is 0 Å². The van der Waals surface area contributed by atoms with E-state index in [2.05, 4.69) is 49.1 Å². The third-order valence-electron chi connectivity index (χ3n) is 8.35. The number of benzene rings is 2. The molecule has 1 atom stereocenters. The average Bonchev–Trinajstić information content (AvgIpc) is 2.91. The van der Waals surface area contributed by atoms with Gasteiger partial charge in [-0.05, 0) is 79.1 Å². The van der Waals surface area contributed by atoms with Gasteiger partial charge in [0.2, 0.25) is 0 Å². The normalized spacial score (nSPS) is 14.4. The summed E-state index contributed by atoms with van der Waals surface area (Å²) in [5.74, 6) is 0. The second kappa shape index (κ2) is 17.2. The van der Waals surface area contributed by atoms with Crippen LogP contribution in [0.2, 0.25) is 0 Å².